The third-order valence-corrected chi connectivity index (χ3v) is 5.08. The molecular formula is C16H19N3O4S. The summed E-state index contributed by atoms with van der Waals surface area (Å²) in [7, 11) is -3.60. The maximum Gasteiger partial charge on any atom is 0.292 e. The standard InChI is InChI=1S/C16H19N3O4S/c1-12-7-8-14(11-13(12)2)24(22,23)18-10-9-17-15-5-3-4-6-16(15)19(20)21/h3-8,11,17-18H,9-10H2,1-2H3. The van der Waals surface area contributed by atoms with Crippen LogP contribution in [0.4, 0.5) is 11.4 Å². The van der Waals surface area contributed by atoms with Crippen LogP contribution in [0.1, 0.15) is 11.1 Å². The average molecular weight is 349 g/mol. The highest BCUT2D eigenvalue weighted by Gasteiger charge is 2.15. The molecule has 2 N–H and O–H groups in total. The van der Waals surface area contributed by atoms with Gasteiger partial charge in [0.05, 0.1) is 9.82 Å². The van der Waals surface area contributed by atoms with E-state index in [-0.39, 0.29) is 23.7 Å². The van der Waals surface area contributed by atoms with E-state index in [1.165, 1.54) is 6.07 Å². The van der Waals surface area contributed by atoms with E-state index in [0.29, 0.717) is 5.69 Å². The Morgan fingerprint density at radius 3 is 2.42 bits per heavy atom. The largest absolute Gasteiger partial charge is 0.378 e. The topological polar surface area (TPSA) is 101 Å². The van der Waals surface area contributed by atoms with E-state index in [9.17, 15) is 18.5 Å². The van der Waals surface area contributed by atoms with Crippen molar-refractivity contribution in [2.45, 2.75) is 18.7 Å². The maximum absolute atomic E-state index is 12.2. The second-order valence-corrected chi connectivity index (χ2v) is 7.11. The number of para-hydroxylation sites is 2. The molecular weight excluding hydrogens is 330 g/mol. The molecule has 0 amide bonds. The quantitative estimate of drug-likeness (QED) is 0.454. The van der Waals surface area contributed by atoms with Crippen molar-refractivity contribution in [1.29, 1.82) is 0 Å². The molecule has 0 saturated carbocycles. The predicted octanol–water partition coefficient (Wildman–Crippen LogP) is 2.60. The lowest BCUT2D eigenvalue weighted by molar-refractivity contribution is -0.384. The van der Waals surface area contributed by atoms with Crippen molar-refractivity contribution in [2.24, 2.45) is 0 Å². The van der Waals surface area contributed by atoms with E-state index in [1.807, 2.05) is 13.8 Å². The number of anilines is 1. The summed E-state index contributed by atoms with van der Waals surface area (Å²) in [6, 6.07) is 11.2. The van der Waals surface area contributed by atoms with E-state index >= 15 is 0 Å². The van der Waals surface area contributed by atoms with Gasteiger partial charge in [-0.25, -0.2) is 13.1 Å². The van der Waals surface area contributed by atoms with Gasteiger partial charge in [0.2, 0.25) is 10.0 Å². The molecule has 0 atom stereocenters. The van der Waals surface area contributed by atoms with Crippen LogP contribution in [-0.4, -0.2) is 26.4 Å². The van der Waals surface area contributed by atoms with Gasteiger partial charge in [-0.2, -0.15) is 0 Å². The van der Waals surface area contributed by atoms with Gasteiger partial charge < -0.3 is 5.32 Å². The summed E-state index contributed by atoms with van der Waals surface area (Å²) in [4.78, 5) is 10.6. The third kappa shape index (κ3) is 4.30. The highest BCUT2D eigenvalue weighted by molar-refractivity contribution is 7.89. The number of aryl methyl sites for hydroxylation is 2. The van der Waals surface area contributed by atoms with Gasteiger partial charge in [0, 0.05) is 19.2 Å². The summed E-state index contributed by atoms with van der Waals surface area (Å²) in [5.41, 5.74) is 2.23. The summed E-state index contributed by atoms with van der Waals surface area (Å²) in [6.45, 7) is 4.11. The number of hydrogen-bond donors (Lipinski definition) is 2. The van der Waals surface area contributed by atoms with Crippen molar-refractivity contribution in [3.8, 4) is 0 Å². The first-order valence-electron chi connectivity index (χ1n) is 7.35. The van der Waals surface area contributed by atoms with Crippen LogP contribution < -0.4 is 10.0 Å². The molecule has 128 valence electrons. The lowest BCUT2D eigenvalue weighted by atomic mass is 10.1. The molecule has 2 aromatic carbocycles. The van der Waals surface area contributed by atoms with Crippen LogP contribution in [0.2, 0.25) is 0 Å². The van der Waals surface area contributed by atoms with E-state index in [0.717, 1.165) is 11.1 Å². The first-order valence-corrected chi connectivity index (χ1v) is 8.84. The Morgan fingerprint density at radius 1 is 1.04 bits per heavy atom. The highest BCUT2D eigenvalue weighted by atomic mass is 32.2. The number of nitro benzene ring substituents is 1. The Hall–Kier alpha value is -2.45. The number of hydrogen-bond acceptors (Lipinski definition) is 5. The summed E-state index contributed by atoms with van der Waals surface area (Å²) in [5, 5.41) is 13.8. The number of nitrogens with zero attached hydrogens (tertiary/aromatic N) is 1. The normalized spacial score (nSPS) is 11.2. The molecule has 0 bridgehead atoms. The fourth-order valence-corrected chi connectivity index (χ4v) is 3.25. The Labute approximate surface area is 140 Å². The van der Waals surface area contributed by atoms with Gasteiger partial charge in [-0.05, 0) is 43.2 Å². The Kier molecular flexibility index (Phi) is 5.53. The van der Waals surface area contributed by atoms with Gasteiger partial charge >= 0.3 is 0 Å². The number of benzene rings is 2. The van der Waals surface area contributed by atoms with Crippen molar-refractivity contribution in [3.63, 3.8) is 0 Å². The van der Waals surface area contributed by atoms with Crippen molar-refractivity contribution in [2.75, 3.05) is 18.4 Å². The zero-order valence-corrected chi connectivity index (χ0v) is 14.3. The molecule has 0 radical (unpaired) electrons. The van der Waals surface area contributed by atoms with Crippen LogP contribution in [0.3, 0.4) is 0 Å². The average Bonchev–Trinajstić information content (AvgIpc) is 2.54. The second kappa shape index (κ2) is 7.41. The fourth-order valence-electron chi connectivity index (χ4n) is 2.13. The molecule has 0 heterocycles. The van der Waals surface area contributed by atoms with E-state index in [4.69, 9.17) is 0 Å². The van der Waals surface area contributed by atoms with Crippen LogP contribution in [0.15, 0.2) is 47.4 Å². The number of rotatable bonds is 7. The van der Waals surface area contributed by atoms with Gasteiger partial charge in [0.1, 0.15) is 5.69 Å². The van der Waals surface area contributed by atoms with Crippen molar-refractivity contribution in [1.82, 2.24) is 4.72 Å². The Bertz CT molecular complexity index is 850. The molecule has 0 saturated heterocycles. The van der Waals surface area contributed by atoms with Crippen LogP contribution in [0, 0.1) is 24.0 Å². The summed E-state index contributed by atoms with van der Waals surface area (Å²) in [5.74, 6) is 0. The lowest BCUT2D eigenvalue weighted by Gasteiger charge is -2.10. The van der Waals surface area contributed by atoms with Gasteiger partial charge in [0.15, 0.2) is 0 Å². The molecule has 0 spiro atoms. The van der Waals surface area contributed by atoms with Gasteiger partial charge in [0.25, 0.3) is 5.69 Å². The zero-order chi connectivity index (χ0) is 17.7. The van der Waals surface area contributed by atoms with Crippen molar-refractivity contribution >= 4 is 21.4 Å². The molecule has 0 aliphatic carbocycles. The number of sulfonamides is 1. The Morgan fingerprint density at radius 2 is 1.75 bits per heavy atom. The van der Waals surface area contributed by atoms with E-state index < -0.39 is 14.9 Å². The lowest BCUT2D eigenvalue weighted by Crippen LogP contribution is -2.29. The minimum absolute atomic E-state index is 0.0467. The SMILES string of the molecule is Cc1ccc(S(=O)(=O)NCCNc2ccccc2[N+](=O)[O-])cc1C. The summed E-state index contributed by atoms with van der Waals surface area (Å²) in [6.07, 6.45) is 0. The predicted molar refractivity (Wildman–Crippen MR) is 92.7 cm³/mol. The molecule has 7 nitrogen and oxygen atoms in total. The van der Waals surface area contributed by atoms with Crippen molar-refractivity contribution < 1.29 is 13.3 Å². The molecule has 0 unspecified atom stereocenters. The van der Waals surface area contributed by atoms with Crippen LogP contribution >= 0.6 is 0 Å². The molecule has 2 rings (SSSR count). The maximum atomic E-state index is 12.2. The highest BCUT2D eigenvalue weighted by Crippen LogP contribution is 2.22. The zero-order valence-electron chi connectivity index (χ0n) is 13.4. The summed E-state index contributed by atoms with van der Waals surface area (Å²) >= 11 is 0. The molecule has 2 aromatic rings. The van der Waals surface area contributed by atoms with Crippen LogP contribution in [-0.2, 0) is 10.0 Å². The second-order valence-electron chi connectivity index (χ2n) is 5.34. The molecule has 0 aliphatic rings. The molecule has 8 heteroatoms. The summed E-state index contributed by atoms with van der Waals surface area (Å²) < 4.78 is 27.0. The smallest absolute Gasteiger partial charge is 0.292 e. The third-order valence-electron chi connectivity index (χ3n) is 3.62. The van der Waals surface area contributed by atoms with Gasteiger partial charge in [-0.3, -0.25) is 10.1 Å². The Balaban J connectivity index is 1.96. The first kappa shape index (κ1) is 17.9. The van der Waals surface area contributed by atoms with Crippen LogP contribution in [0.25, 0.3) is 0 Å². The molecule has 24 heavy (non-hydrogen) atoms. The molecule has 0 aliphatic heterocycles. The minimum atomic E-state index is -3.60. The van der Waals surface area contributed by atoms with Gasteiger partial charge in [-0.1, -0.05) is 18.2 Å². The van der Waals surface area contributed by atoms with Gasteiger partial charge in [-0.15, -0.1) is 0 Å². The number of nitrogens with one attached hydrogen (secondary N) is 2. The molecule has 0 fully saturated rings. The fraction of sp³-hybridized carbons (Fsp3) is 0.250. The first-order chi connectivity index (χ1) is 11.3. The van der Waals surface area contributed by atoms with E-state index in [2.05, 4.69) is 10.0 Å². The molecule has 0 aromatic heterocycles. The van der Waals surface area contributed by atoms with Crippen LogP contribution in [0.5, 0.6) is 0 Å². The monoisotopic (exact) mass is 349 g/mol. The van der Waals surface area contributed by atoms with Crippen molar-refractivity contribution in [3.05, 3.63) is 63.7 Å². The minimum Gasteiger partial charge on any atom is -0.378 e. The number of nitro groups is 1. The van der Waals surface area contributed by atoms with E-state index in [1.54, 1.807) is 36.4 Å².